The van der Waals surface area contributed by atoms with Crippen LogP contribution in [0.1, 0.15) is 64.9 Å². The van der Waals surface area contributed by atoms with Gasteiger partial charge >= 0.3 is 18.0 Å². The van der Waals surface area contributed by atoms with Gasteiger partial charge in [0.25, 0.3) is 0 Å². The minimum absolute atomic E-state index is 0.157. The average molecular weight is 563 g/mol. The lowest BCUT2D eigenvalue weighted by Crippen LogP contribution is -2.54. The van der Waals surface area contributed by atoms with Gasteiger partial charge in [0.2, 0.25) is 5.91 Å². The molecule has 0 bridgehead atoms. The van der Waals surface area contributed by atoms with E-state index in [1.807, 2.05) is 0 Å². The van der Waals surface area contributed by atoms with Gasteiger partial charge < -0.3 is 10.4 Å². The van der Waals surface area contributed by atoms with E-state index in [0.29, 0.717) is 22.6 Å². The van der Waals surface area contributed by atoms with E-state index in [0.717, 1.165) is 43.4 Å². The van der Waals surface area contributed by atoms with E-state index < -0.39 is 35.9 Å². The second-order valence-corrected chi connectivity index (χ2v) is 11.7. The topological polar surface area (TPSA) is 127 Å². The van der Waals surface area contributed by atoms with Gasteiger partial charge in [-0.05, 0) is 42.7 Å². The number of anilines is 3. The van der Waals surface area contributed by atoms with Gasteiger partial charge in [-0.15, -0.1) is 0 Å². The Kier molecular flexibility index (Phi) is 9.10. The number of nitrogens with one attached hydrogen (secondary N) is 1. The predicted octanol–water partition coefficient (Wildman–Crippen LogP) is 5.46. The Morgan fingerprint density at radius 1 is 0.854 bits per heavy atom. The quantitative estimate of drug-likeness (QED) is 0.412. The zero-order valence-electron chi connectivity index (χ0n) is 23.9. The van der Waals surface area contributed by atoms with Gasteiger partial charge in [0.1, 0.15) is 6.54 Å². The number of aliphatic carboxylic acids is 1. The number of carboxylic acids is 1. The van der Waals surface area contributed by atoms with Crippen LogP contribution in [-0.2, 0) is 20.8 Å². The number of ketones is 1. The van der Waals surface area contributed by atoms with Crippen molar-refractivity contribution in [2.75, 3.05) is 28.2 Å². The molecule has 2 aromatic carbocycles. The number of imide groups is 1. The van der Waals surface area contributed by atoms with E-state index >= 15 is 0 Å². The summed E-state index contributed by atoms with van der Waals surface area (Å²) in [6.45, 7) is 4.50. The number of rotatable bonds is 8. The number of Topliss-reactive ketones (excluding diaryl/α,β-unsaturated/α-hetero) is 1. The van der Waals surface area contributed by atoms with Crippen LogP contribution in [0.15, 0.2) is 48.5 Å². The third-order valence-corrected chi connectivity index (χ3v) is 7.53. The highest BCUT2D eigenvalue weighted by molar-refractivity contribution is 6.16. The predicted molar refractivity (Wildman–Crippen MR) is 156 cm³/mol. The van der Waals surface area contributed by atoms with Crippen molar-refractivity contribution in [1.29, 1.82) is 0 Å². The second kappa shape index (κ2) is 12.5. The Morgan fingerprint density at radius 3 is 2.15 bits per heavy atom. The van der Waals surface area contributed by atoms with E-state index in [4.69, 9.17) is 5.11 Å². The van der Waals surface area contributed by atoms with Crippen LogP contribution in [0.3, 0.4) is 0 Å². The standard InChI is InChI=1S/C31H38N4O6/c1-31(2,3)26(36)19-33-24-15-8-9-16-25(24)35(23-13-6-4-5-7-14-23)30(41)34(29(33)40)20-27(37)32-22-12-10-11-21(17-22)18-28(38)39/h8-12,15-17,23H,4-7,13-14,18-20H2,1-3H3,(H,32,37)(H,38,39). The molecule has 10 heteroatoms. The van der Waals surface area contributed by atoms with Crippen LogP contribution >= 0.6 is 0 Å². The lowest BCUT2D eigenvalue weighted by atomic mass is 9.90. The molecule has 1 fully saturated rings. The molecule has 0 spiro atoms. The molecule has 2 aliphatic rings. The first kappa shape index (κ1) is 29.8. The highest BCUT2D eigenvalue weighted by Gasteiger charge is 2.42. The molecule has 10 nitrogen and oxygen atoms in total. The number of amides is 5. The van der Waals surface area contributed by atoms with Crippen LogP contribution in [0.25, 0.3) is 0 Å². The number of benzene rings is 2. The number of hydrogen-bond donors (Lipinski definition) is 2. The summed E-state index contributed by atoms with van der Waals surface area (Å²) in [5.74, 6) is -1.80. The summed E-state index contributed by atoms with van der Waals surface area (Å²) < 4.78 is 0. The van der Waals surface area contributed by atoms with Crippen LogP contribution in [0.2, 0.25) is 0 Å². The molecule has 0 saturated heterocycles. The Hall–Kier alpha value is -4.21. The smallest absolute Gasteiger partial charge is 0.333 e. The Morgan fingerprint density at radius 2 is 1.51 bits per heavy atom. The number of carboxylic acid groups (broad SMARTS) is 1. The number of carbonyl (C=O) groups is 5. The molecule has 0 radical (unpaired) electrons. The Bertz CT molecular complexity index is 1330. The van der Waals surface area contributed by atoms with Crippen molar-refractivity contribution in [2.45, 2.75) is 71.8 Å². The van der Waals surface area contributed by atoms with Crippen LogP contribution in [0.4, 0.5) is 26.7 Å². The lowest BCUT2D eigenvalue weighted by Gasteiger charge is -2.33. The van der Waals surface area contributed by atoms with Crippen molar-refractivity contribution in [3.8, 4) is 0 Å². The van der Waals surface area contributed by atoms with Gasteiger partial charge in [-0.2, -0.15) is 0 Å². The van der Waals surface area contributed by atoms with Crippen molar-refractivity contribution in [3.63, 3.8) is 0 Å². The summed E-state index contributed by atoms with van der Waals surface area (Å²) in [7, 11) is 0. The monoisotopic (exact) mass is 562 g/mol. The number of fused-ring (bicyclic) bond motifs is 1. The number of hydrogen-bond acceptors (Lipinski definition) is 5. The highest BCUT2D eigenvalue weighted by atomic mass is 16.4. The van der Waals surface area contributed by atoms with Crippen molar-refractivity contribution in [2.24, 2.45) is 5.41 Å². The molecular weight excluding hydrogens is 524 g/mol. The zero-order valence-corrected chi connectivity index (χ0v) is 23.9. The van der Waals surface area contributed by atoms with Gasteiger partial charge in [0.05, 0.1) is 24.3 Å². The summed E-state index contributed by atoms with van der Waals surface area (Å²) in [5, 5.41) is 11.8. The summed E-state index contributed by atoms with van der Waals surface area (Å²) >= 11 is 0. The number of urea groups is 2. The number of para-hydroxylation sites is 2. The largest absolute Gasteiger partial charge is 0.481 e. The van der Waals surface area contributed by atoms with Gasteiger partial charge in [-0.1, -0.05) is 70.7 Å². The van der Waals surface area contributed by atoms with Gasteiger partial charge in [-0.25, -0.2) is 14.5 Å². The second-order valence-electron chi connectivity index (χ2n) is 11.7. The fourth-order valence-electron chi connectivity index (χ4n) is 5.28. The molecule has 1 aliphatic heterocycles. The fraction of sp³-hybridized carbons (Fsp3) is 0.452. The molecule has 41 heavy (non-hydrogen) atoms. The molecule has 0 unspecified atom stereocenters. The molecule has 1 aliphatic carbocycles. The van der Waals surface area contributed by atoms with E-state index in [1.165, 1.54) is 4.90 Å². The minimum Gasteiger partial charge on any atom is -0.481 e. The van der Waals surface area contributed by atoms with E-state index in [1.54, 1.807) is 74.2 Å². The maximum atomic E-state index is 14.2. The Balaban J connectivity index is 1.70. The van der Waals surface area contributed by atoms with Crippen LogP contribution in [0, 0.1) is 5.41 Å². The fourth-order valence-corrected chi connectivity index (χ4v) is 5.28. The van der Waals surface area contributed by atoms with E-state index in [2.05, 4.69) is 5.32 Å². The summed E-state index contributed by atoms with van der Waals surface area (Å²) in [6, 6.07) is 12.0. The van der Waals surface area contributed by atoms with Crippen molar-refractivity contribution in [3.05, 3.63) is 54.1 Å². The average Bonchev–Trinajstić information content (AvgIpc) is 3.22. The SMILES string of the molecule is CC(C)(C)C(=O)CN1C(=O)N(CC(=O)Nc2cccc(CC(=O)O)c2)C(=O)N(C2CCCCCC2)c2ccccc21. The molecule has 1 heterocycles. The maximum absolute atomic E-state index is 14.2. The van der Waals surface area contributed by atoms with E-state index in [-0.39, 0.29) is 24.8 Å². The first-order valence-electron chi connectivity index (χ1n) is 14.1. The molecule has 218 valence electrons. The van der Waals surface area contributed by atoms with Crippen molar-refractivity contribution >= 4 is 46.8 Å². The lowest BCUT2D eigenvalue weighted by molar-refractivity contribution is -0.136. The molecule has 4 rings (SSSR count). The summed E-state index contributed by atoms with van der Waals surface area (Å²) in [4.78, 5) is 69.6. The molecule has 1 saturated carbocycles. The summed E-state index contributed by atoms with van der Waals surface area (Å²) in [5.41, 5.74) is 1.13. The molecule has 2 N–H and O–H groups in total. The van der Waals surface area contributed by atoms with Gasteiger partial charge in [0.15, 0.2) is 5.78 Å². The molecule has 5 amide bonds. The normalized spacial score (nSPS) is 16.6. The van der Waals surface area contributed by atoms with Crippen molar-refractivity contribution < 1.29 is 29.1 Å². The number of carbonyl (C=O) groups excluding carboxylic acids is 4. The van der Waals surface area contributed by atoms with Crippen molar-refractivity contribution in [1.82, 2.24) is 4.90 Å². The van der Waals surface area contributed by atoms with Crippen LogP contribution < -0.4 is 15.1 Å². The van der Waals surface area contributed by atoms with Crippen LogP contribution in [-0.4, -0.2) is 58.9 Å². The summed E-state index contributed by atoms with van der Waals surface area (Å²) in [6.07, 6.45) is 5.36. The van der Waals surface area contributed by atoms with E-state index in [9.17, 15) is 24.0 Å². The minimum atomic E-state index is -1.00. The number of nitrogens with zero attached hydrogens (tertiary/aromatic N) is 3. The van der Waals surface area contributed by atoms with Gasteiger partial charge in [0, 0.05) is 17.1 Å². The third kappa shape index (κ3) is 7.11. The third-order valence-electron chi connectivity index (χ3n) is 7.53. The maximum Gasteiger partial charge on any atom is 0.333 e. The van der Waals surface area contributed by atoms with Gasteiger partial charge in [-0.3, -0.25) is 24.2 Å². The molecule has 2 aromatic rings. The zero-order chi connectivity index (χ0) is 29.7. The molecule has 0 aromatic heterocycles. The highest BCUT2D eigenvalue weighted by Crippen LogP contribution is 2.38. The first-order valence-corrected chi connectivity index (χ1v) is 14.1. The molecular formula is C31H38N4O6. The molecule has 0 atom stereocenters. The van der Waals surface area contributed by atoms with Crippen LogP contribution in [0.5, 0.6) is 0 Å². The first-order chi connectivity index (χ1) is 19.5. The Labute approximate surface area is 240 Å².